The highest BCUT2D eigenvalue weighted by molar-refractivity contribution is 14.0. The van der Waals surface area contributed by atoms with Crippen LogP contribution in [0, 0.1) is 6.92 Å². The molecule has 0 aliphatic carbocycles. The summed E-state index contributed by atoms with van der Waals surface area (Å²) in [5.41, 5.74) is 0.871. The molecule has 0 unspecified atom stereocenters. The highest BCUT2D eigenvalue weighted by Crippen LogP contribution is 2.18. The summed E-state index contributed by atoms with van der Waals surface area (Å²) in [6, 6.07) is 7.34. The Morgan fingerprint density at radius 2 is 2.04 bits per heavy atom. The van der Waals surface area contributed by atoms with Crippen LogP contribution in [0.1, 0.15) is 22.7 Å². The molecule has 28 heavy (non-hydrogen) atoms. The van der Waals surface area contributed by atoms with E-state index in [9.17, 15) is 0 Å². The van der Waals surface area contributed by atoms with Crippen molar-refractivity contribution in [2.45, 2.75) is 26.8 Å². The second-order valence-electron chi connectivity index (χ2n) is 5.76. The largest absolute Gasteiger partial charge is 0.357 e. The van der Waals surface area contributed by atoms with Crippen LogP contribution in [0.5, 0.6) is 0 Å². The van der Waals surface area contributed by atoms with E-state index in [1.807, 2.05) is 32.2 Å². The van der Waals surface area contributed by atoms with Crippen molar-refractivity contribution in [3.8, 4) is 11.4 Å². The molecule has 0 saturated carbocycles. The molecule has 3 aromatic rings. The van der Waals surface area contributed by atoms with E-state index in [1.54, 1.807) is 23.5 Å². The second-order valence-corrected chi connectivity index (χ2v) is 7.51. The van der Waals surface area contributed by atoms with E-state index < -0.39 is 0 Å². The van der Waals surface area contributed by atoms with Gasteiger partial charge >= 0.3 is 0 Å². The maximum absolute atomic E-state index is 5.90. The fourth-order valence-corrected chi connectivity index (χ4v) is 3.16. The zero-order chi connectivity index (χ0) is 19.1. The molecule has 0 saturated heterocycles. The van der Waals surface area contributed by atoms with Gasteiger partial charge in [0, 0.05) is 41.2 Å². The average molecular weight is 533 g/mol. The predicted octanol–water partition coefficient (Wildman–Crippen LogP) is 4.07. The first-order chi connectivity index (χ1) is 13.1. The van der Waals surface area contributed by atoms with Crippen molar-refractivity contribution in [3.63, 3.8) is 0 Å². The number of rotatable bonds is 7. The molecule has 0 amide bonds. The number of guanidine groups is 1. The molecule has 3 rings (SSSR count). The summed E-state index contributed by atoms with van der Waals surface area (Å²) in [5.74, 6) is 1.86. The van der Waals surface area contributed by atoms with Crippen molar-refractivity contribution in [2.24, 2.45) is 4.99 Å². The number of benzene rings is 1. The molecule has 2 aromatic heterocycles. The summed E-state index contributed by atoms with van der Waals surface area (Å²) in [6.07, 6.45) is 2.46. The van der Waals surface area contributed by atoms with Gasteiger partial charge in [-0.25, -0.2) is 9.98 Å². The number of nitrogens with zero attached hydrogens (tertiary/aromatic N) is 4. The van der Waals surface area contributed by atoms with Gasteiger partial charge in [0.05, 0.1) is 6.54 Å². The number of nitrogens with one attached hydrogen (secondary N) is 2. The number of hydrogen-bond acceptors (Lipinski definition) is 6. The molecule has 1 aromatic carbocycles. The third-order valence-corrected chi connectivity index (χ3v) is 4.74. The SMILES string of the molecule is CCNC(=NCc1ncc(C)s1)NCCc1nc(-c2ccc(Cl)cc2)no1.I. The van der Waals surface area contributed by atoms with Crippen molar-refractivity contribution in [3.05, 3.63) is 51.3 Å². The smallest absolute Gasteiger partial charge is 0.228 e. The van der Waals surface area contributed by atoms with Crippen molar-refractivity contribution < 1.29 is 4.52 Å². The molecule has 10 heteroatoms. The van der Waals surface area contributed by atoms with Crippen molar-refractivity contribution in [1.29, 1.82) is 0 Å². The minimum absolute atomic E-state index is 0. The van der Waals surface area contributed by atoms with Gasteiger partial charge in [-0.05, 0) is 38.1 Å². The van der Waals surface area contributed by atoms with Gasteiger partial charge in [0.25, 0.3) is 0 Å². The number of hydrogen-bond donors (Lipinski definition) is 2. The van der Waals surface area contributed by atoms with Gasteiger partial charge in [0.2, 0.25) is 11.7 Å². The van der Waals surface area contributed by atoms with Crippen LogP contribution in [-0.4, -0.2) is 34.2 Å². The van der Waals surface area contributed by atoms with Crippen LogP contribution in [-0.2, 0) is 13.0 Å². The topological polar surface area (TPSA) is 88.2 Å². The fraction of sp³-hybridized carbons (Fsp3) is 0.333. The van der Waals surface area contributed by atoms with E-state index in [1.165, 1.54) is 4.88 Å². The van der Waals surface area contributed by atoms with Crippen LogP contribution in [0.3, 0.4) is 0 Å². The number of aryl methyl sites for hydroxylation is 1. The highest BCUT2D eigenvalue weighted by Gasteiger charge is 2.09. The highest BCUT2D eigenvalue weighted by atomic mass is 127. The number of halogens is 2. The first kappa shape index (κ1) is 22.6. The standard InChI is InChI=1S/C18H21ClN6OS.HI/c1-3-20-18(23-11-16-22-10-12(2)27-16)21-9-8-15-24-17(25-26-15)13-4-6-14(19)7-5-13;/h4-7,10H,3,8-9,11H2,1-2H3,(H2,20,21,23);1H. The Labute approximate surface area is 190 Å². The Balaban J connectivity index is 0.00000280. The van der Waals surface area contributed by atoms with Gasteiger partial charge in [0.1, 0.15) is 5.01 Å². The minimum atomic E-state index is 0. The second kappa shape index (κ2) is 11.3. The lowest BCUT2D eigenvalue weighted by atomic mass is 10.2. The molecule has 0 fully saturated rings. The Kier molecular flexibility index (Phi) is 9.13. The molecular weight excluding hydrogens is 511 g/mol. The Morgan fingerprint density at radius 1 is 1.25 bits per heavy atom. The molecule has 0 aliphatic rings. The van der Waals surface area contributed by atoms with E-state index in [4.69, 9.17) is 16.1 Å². The van der Waals surface area contributed by atoms with Gasteiger partial charge in [-0.2, -0.15) is 4.98 Å². The monoisotopic (exact) mass is 532 g/mol. The number of thiazole rings is 1. The van der Waals surface area contributed by atoms with Crippen molar-refractivity contribution in [2.75, 3.05) is 13.1 Å². The molecule has 0 atom stereocenters. The van der Waals surface area contributed by atoms with Crippen LogP contribution in [0.25, 0.3) is 11.4 Å². The van der Waals surface area contributed by atoms with Crippen molar-refractivity contribution in [1.82, 2.24) is 25.8 Å². The van der Waals surface area contributed by atoms with Crippen LogP contribution < -0.4 is 10.6 Å². The van der Waals surface area contributed by atoms with E-state index in [2.05, 4.69) is 30.8 Å². The minimum Gasteiger partial charge on any atom is -0.357 e. The summed E-state index contributed by atoms with van der Waals surface area (Å²) in [7, 11) is 0. The van der Waals surface area contributed by atoms with Crippen LogP contribution in [0.4, 0.5) is 0 Å². The van der Waals surface area contributed by atoms with Crippen molar-refractivity contribution >= 4 is 52.9 Å². The molecule has 2 heterocycles. The maximum atomic E-state index is 5.90. The van der Waals surface area contributed by atoms with E-state index in [-0.39, 0.29) is 24.0 Å². The summed E-state index contributed by atoms with van der Waals surface area (Å²) in [6.45, 7) is 6.03. The number of aliphatic imine (C=N–C) groups is 1. The lowest BCUT2D eigenvalue weighted by Crippen LogP contribution is -2.38. The van der Waals surface area contributed by atoms with Crippen LogP contribution in [0.2, 0.25) is 5.02 Å². The molecule has 0 bridgehead atoms. The van der Waals surface area contributed by atoms with Gasteiger partial charge in [0.15, 0.2) is 5.96 Å². The summed E-state index contributed by atoms with van der Waals surface area (Å²) >= 11 is 7.56. The fourth-order valence-electron chi connectivity index (χ4n) is 2.32. The molecule has 7 nitrogen and oxygen atoms in total. The average Bonchev–Trinajstić information content (AvgIpc) is 3.29. The summed E-state index contributed by atoms with van der Waals surface area (Å²) in [5, 5.41) is 12.2. The van der Waals surface area contributed by atoms with Gasteiger partial charge < -0.3 is 15.2 Å². The quantitative estimate of drug-likeness (QED) is 0.271. The van der Waals surface area contributed by atoms with Gasteiger partial charge in [-0.1, -0.05) is 16.8 Å². The number of aromatic nitrogens is 3. The molecular formula is C18H22ClIN6OS. The molecule has 150 valence electrons. The zero-order valence-electron chi connectivity index (χ0n) is 15.6. The van der Waals surface area contributed by atoms with Crippen LogP contribution in [0.15, 0.2) is 40.0 Å². The third-order valence-electron chi connectivity index (χ3n) is 3.59. The summed E-state index contributed by atoms with van der Waals surface area (Å²) in [4.78, 5) is 14.5. The third kappa shape index (κ3) is 6.71. The van der Waals surface area contributed by atoms with Gasteiger partial charge in [-0.15, -0.1) is 35.3 Å². The Bertz CT molecular complexity index is 896. The maximum Gasteiger partial charge on any atom is 0.228 e. The lowest BCUT2D eigenvalue weighted by Gasteiger charge is -2.09. The molecule has 0 spiro atoms. The normalized spacial score (nSPS) is 11.2. The first-order valence-corrected chi connectivity index (χ1v) is 9.85. The van der Waals surface area contributed by atoms with E-state index in [0.29, 0.717) is 36.2 Å². The first-order valence-electron chi connectivity index (χ1n) is 8.66. The van der Waals surface area contributed by atoms with Crippen LogP contribution >= 0.6 is 46.9 Å². The lowest BCUT2D eigenvalue weighted by molar-refractivity contribution is 0.378. The molecule has 2 N–H and O–H groups in total. The van der Waals surface area contributed by atoms with E-state index >= 15 is 0 Å². The Hall–Kier alpha value is -1.72. The summed E-state index contributed by atoms with van der Waals surface area (Å²) < 4.78 is 5.32. The molecule has 0 radical (unpaired) electrons. The predicted molar refractivity (Wildman–Crippen MR) is 124 cm³/mol. The van der Waals surface area contributed by atoms with Gasteiger partial charge in [-0.3, -0.25) is 0 Å². The Morgan fingerprint density at radius 3 is 2.71 bits per heavy atom. The van der Waals surface area contributed by atoms with E-state index in [0.717, 1.165) is 23.1 Å². The zero-order valence-corrected chi connectivity index (χ0v) is 19.5. The molecule has 0 aliphatic heterocycles.